The molecule has 3 saturated heterocycles. The van der Waals surface area contributed by atoms with Gasteiger partial charge in [-0.3, -0.25) is 51.4 Å². The van der Waals surface area contributed by atoms with Crippen molar-refractivity contribution < 1.29 is 108 Å². The summed E-state index contributed by atoms with van der Waals surface area (Å²) < 4.78 is 117. The highest BCUT2D eigenvalue weighted by Gasteiger charge is 2.54. The van der Waals surface area contributed by atoms with Crippen molar-refractivity contribution in [3.63, 3.8) is 0 Å². The number of hydrogen-bond donors (Lipinski definition) is 12. The van der Waals surface area contributed by atoms with E-state index >= 15 is 0 Å². The summed E-state index contributed by atoms with van der Waals surface area (Å²) in [6, 6.07) is 1.60. The highest BCUT2D eigenvalue weighted by Crippen LogP contribution is 2.68. The third-order valence-electron chi connectivity index (χ3n) is 13.2. The molecule has 3 fully saturated rings. The first kappa shape index (κ1) is 61.0. The minimum Gasteiger partial charge on any atom is -0.387 e. The van der Waals surface area contributed by atoms with Crippen molar-refractivity contribution in [2.45, 2.75) is 80.5 Å². The minimum absolute atomic E-state index is 0.0105. The average Bonchev–Trinajstić information content (AvgIpc) is 1.88. The lowest BCUT2D eigenvalue weighted by Crippen LogP contribution is -2.45. The predicted octanol–water partition coefficient (Wildman–Crippen LogP) is -3.06. The van der Waals surface area contributed by atoms with E-state index in [0.717, 1.165) is 30.7 Å². The van der Waals surface area contributed by atoms with Gasteiger partial charge in [0.1, 0.15) is 60.9 Å². The molecular weight excluding hydrogens is 1210 g/mol. The van der Waals surface area contributed by atoms with Gasteiger partial charge < -0.3 is 75.8 Å². The molecule has 16 atom stereocenters. The molecule has 7 aromatic heterocycles. The van der Waals surface area contributed by atoms with Gasteiger partial charge in [0.05, 0.1) is 57.9 Å². The Morgan fingerprint density at radius 2 is 1.35 bits per heavy atom. The van der Waals surface area contributed by atoms with Crippen LogP contribution in [0.3, 0.4) is 0 Å². The van der Waals surface area contributed by atoms with Crippen molar-refractivity contribution in [3.05, 3.63) is 70.3 Å². The largest absolute Gasteiger partial charge is 0.490 e. The number of methoxy groups -OCH3 is 1. The van der Waals surface area contributed by atoms with Crippen LogP contribution in [0, 0.1) is 5.92 Å². The van der Waals surface area contributed by atoms with Crippen LogP contribution in [0.2, 0.25) is 0 Å². The fraction of sp³-hybridized carbons (Fsp3) is 0.513. The number of nitrogen functional groups attached to an aromatic ring is 3. The number of rotatable bonds is 24. The van der Waals surface area contributed by atoms with E-state index in [4.69, 9.17) is 59.0 Å². The van der Waals surface area contributed by atoms with E-state index in [0.29, 0.717) is 5.69 Å². The lowest BCUT2D eigenvalue weighted by molar-refractivity contribution is -0.745. The molecule has 7 aromatic rings. The molecule has 0 radical (unpaired) electrons. The van der Waals surface area contributed by atoms with E-state index in [2.05, 4.69) is 58.5 Å². The molecule has 15 N–H and O–H groups in total. The number of aliphatic hydroxyl groups is 3. The smallest absolute Gasteiger partial charge is 0.387 e. The van der Waals surface area contributed by atoms with Crippen molar-refractivity contribution in [3.8, 4) is 0 Å². The number of aromatic amines is 2. The van der Waals surface area contributed by atoms with Gasteiger partial charge >= 0.3 is 36.9 Å². The van der Waals surface area contributed by atoms with Gasteiger partial charge in [-0.1, -0.05) is 4.98 Å². The molecule has 3 aliphatic heterocycles. The average molecular weight is 1270 g/mol. The van der Waals surface area contributed by atoms with Crippen molar-refractivity contribution in [1.29, 1.82) is 0 Å². The summed E-state index contributed by atoms with van der Waals surface area (Å²) in [5.41, 5.74) is 16.3. The maximum absolute atomic E-state index is 13.8. The normalized spacial score (nSPS) is 28.4. The molecule has 0 spiro atoms. The molecule has 0 saturated carbocycles. The number of ether oxygens (including phenoxy) is 5. The van der Waals surface area contributed by atoms with Crippen LogP contribution in [0.25, 0.3) is 33.5 Å². The van der Waals surface area contributed by atoms with Crippen LogP contribution in [0.4, 0.5) is 17.7 Å². The van der Waals surface area contributed by atoms with Gasteiger partial charge in [0.15, 0.2) is 41.4 Å². The van der Waals surface area contributed by atoms with Crippen LogP contribution >= 0.6 is 31.3 Å². The molecule has 3 aliphatic rings. The zero-order valence-electron chi connectivity index (χ0n) is 43.2. The topological polar surface area (TPSA) is 577 Å². The van der Waals surface area contributed by atoms with Gasteiger partial charge in [-0.25, -0.2) is 52.7 Å². The highest BCUT2D eigenvalue weighted by atomic mass is 31.3. The fourth-order valence-corrected chi connectivity index (χ4v) is 14.0. The third kappa shape index (κ3) is 12.9. The van der Waals surface area contributed by atoms with Crippen molar-refractivity contribution in [2.75, 3.05) is 50.7 Å². The summed E-state index contributed by atoms with van der Waals surface area (Å²) in [6.07, 6.45) is -10.2. The number of anilines is 3. The molecule has 0 aliphatic carbocycles. The summed E-state index contributed by atoms with van der Waals surface area (Å²) in [4.78, 5) is 105. The summed E-state index contributed by atoms with van der Waals surface area (Å²) in [5, 5.41) is 33.5. The molecule has 456 valence electrons. The molecule has 0 amide bonds. The monoisotopic (exact) mass is 1270 g/mol. The van der Waals surface area contributed by atoms with E-state index in [1.165, 1.54) is 39.6 Å². The second-order valence-electron chi connectivity index (χ2n) is 18.7. The van der Waals surface area contributed by atoms with Crippen LogP contribution in [0.1, 0.15) is 30.8 Å². The molecule has 10 rings (SSSR count). The van der Waals surface area contributed by atoms with Crippen LogP contribution in [0.5, 0.6) is 0 Å². The number of phosphoric acid groups is 4. The number of nitrogens with zero attached hydrogens (tertiary/aromatic N) is 12. The number of imidazole rings is 3. The maximum atomic E-state index is 13.8. The van der Waals surface area contributed by atoms with Gasteiger partial charge in [-0.2, -0.15) is 13.6 Å². The number of nitrogens with two attached hydrogens (primary N) is 3. The quantitative estimate of drug-likeness (QED) is 0.0162. The molecule has 0 aromatic carbocycles. The first-order valence-electron chi connectivity index (χ1n) is 24.4. The molecule has 10 heterocycles. The van der Waals surface area contributed by atoms with Crippen LogP contribution < -0.4 is 32.9 Å². The fourth-order valence-electron chi connectivity index (χ4n) is 9.53. The number of aliphatic hydroxyl groups excluding tert-OH is 3. The van der Waals surface area contributed by atoms with Gasteiger partial charge in [0.25, 0.3) is 17.1 Å². The number of aryl methyl sites for hydroxylation is 1. The Balaban J connectivity index is 0.810. The Morgan fingerprint density at radius 1 is 0.702 bits per heavy atom. The van der Waals surface area contributed by atoms with E-state index in [1.807, 2.05) is 0 Å². The number of aromatic nitrogens is 14. The summed E-state index contributed by atoms with van der Waals surface area (Å²) in [6.45, 7) is -3.27. The second-order valence-corrected chi connectivity index (χ2v) is 24.7. The zero-order chi connectivity index (χ0) is 60.2. The number of hydrogen-bond acceptors (Lipinski definition) is 31. The second kappa shape index (κ2) is 24.0. The van der Waals surface area contributed by atoms with E-state index < -0.39 is 136 Å². The number of H-pyrrole nitrogens is 2. The minimum atomic E-state index is -6.22. The molecule has 0 bridgehead atoms. The highest BCUT2D eigenvalue weighted by molar-refractivity contribution is 7.66. The van der Waals surface area contributed by atoms with Crippen LogP contribution in [0.15, 0.2) is 53.5 Å². The van der Waals surface area contributed by atoms with Crippen molar-refractivity contribution in [1.82, 2.24) is 63.5 Å². The standard InChI is InChI=1S/C39H51N17O24P4/c1-53-15-56(32-23(53)34(61)52-39(42)50-32)35-24(57)17(4-6-71-7-16-3-5-43-11-44-16)18(75-35)8-73-82(64,65)79-84(68,69)80-83(66,67)74-10-20-27(28(70-2)37(77-20)54-13-47-21-29(40)45-12-46-30(21)54)78-81(62,63)72-9-19-25(58)26(59)36(76-19)55-14-48-22-31(55)49-38(41)51-33(22)60/h3,5,11-15,17-20,24-28,35-37,57-59H,4,6-10H2,1-2H3,(H11-,40,41,42,45,46,49,50,51,52,60,61,62,63,64,65,66,67,68,69)/p+1/t17-,18-,19-,20-,24-,25-,26-,27-,28-,35?,36-,37-/m1/s1. The SMILES string of the molecule is CO[C@@H]1[C@H](OP(=O)(O)OC[C@H]2O[C@@H](n3cnc4c(=O)[nH]c(N)nc43)[C@H](O)[C@@H]2O)[C@@H](COP(=O)(O)OP(=O)(O)OP(=O)(O)OC[C@H]2OC([n+]3cn(C)c4c(=O)[nH]c(N)nc43)[C@H](O)[C@@H]2CCOCc2ccncn2)O[C@H]1n1cnc2c(N)ncnc21. The molecule has 45 heteroatoms. The Bertz CT molecular complexity index is 3880. The first-order chi connectivity index (χ1) is 39.7. The molecular formula is C39H52N17O24P4+. The number of phosphoric ester groups is 3. The molecule has 5 unspecified atom stereocenters. The Kier molecular flexibility index (Phi) is 17.4. The van der Waals surface area contributed by atoms with Gasteiger partial charge in [-0.05, 0) is 12.5 Å². The zero-order valence-corrected chi connectivity index (χ0v) is 46.7. The van der Waals surface area contributed by atoms with Crippen LogP contribution in [-0.2, 0) is 82.3 Å². The number of fused-ring (bicyclic) bond motifs is 3. The van der Waals surface area contributed by atoms with Gasteiger partial charge in [0.2, 0.25) is 17.7 Å². The van der Waals surface area contributed by atoms with E-state index in [9.17, 15) is 62.7 Å². The Morgan fingerprint density at radius 3 is 2.05 bits per heavy atom. The maximum Gasteiger partial charge on any atom is 0.490 e. The summed E-state index contributed by atoms with van der Waals surface area (Å²) in [7, 11) is -20.9. The Hall–Kier alpha value is -6.07. The van der Waals surface area contributed by atoms with Crippen LogP contribution in [-0.4, -0.2) is 181 Å². The van der Waals surface area contributed by atoms with Gasteiger partial charge in [-0.15, -0.1) is 0 Å². The van der Waals surface area contributed by atoms with E-state index in [-0.39, 0.29) is 70.8 Å². The molecule has 41 nitrogen and oxygen atoms in total. The Labute approximate surface area is 467 Å². The first-order valence-corrected chi connectivity index (χ1v) is 30.3. The lowest BCUT2D eigenvalue weighted by Gasteiger charge is -2.26. The predicted molar refractivity (Wildman–Crippen MR) is 273 cm³/mol. The summed E-state index contributed by atoms with van der Waals surface area (Å²) in [5.74, 6) is -1.69. The lowest BCUT2D eigenvalue weighted by atomic mass is 9.95. The number of nitrogens with one attached hydrogen (secondary N) is 2. The summed E-state index contributed by atoms with van der Waals surface area (Å²) >= 11 is 0. The van der Waals surface area contributed by atoms with E-state index in [1.54, 1.807) is 6.07 Å². The van der Waals surface area contributed by atoms with Crippen molar-refractivity contribution >= 4 is 82.5 Å². The third-order valence-corrected chi connectivity index (χ3v) is 18.5. The van der Waals surface area contributed by atoms with Crippen molar-refractivity contribution in [2.24, 2.45) is 13.0 Å². The van der Waals surface area contributed by atoms with Gasteiger partial charge in [0, 0.05) is 25.8 Å². The molecule has 84 heavy (non-hydrogen) atoms.